The molecule has 3 aliphatic heterocycles. The summed E-state index contributed by atoms with van der Waals surface area (Å²) < 4.78 is 5.00. The van der Waals surface area contributed by atoms with Crippen LogP contribution >= 0.6 is 0 Å². The zero-order valence-electron chi connectivity index (χ0n) is 13.8. The van der Waals surface area contributed by atoms with Gasteiger partial charge in [0.1, 0.15) is 5.41 Å². The molecule has 0 aliphatic carbocycles. The number of likely N-dealkylation sites (N-methyl/N-ethyl adjacent to an activating group) is 1. The van der Waals surface area contributed by atoms with Crippen molar-refractivity contribution < 1.29 is 14.3 Å². The Balaban J connectivity index is 2.04. The van der Waals surface area contributed by atoms with Crippen LogP contribution in [0, 0.1) is 6.92 Å². The number of carbonyl (C=O) groups is 2. The third-order valence-electron chi connectivity index (χ3n) is 5.12. The molecule has 1 aromatic rings. The fraction of sp³-hybridized carbons (Fsp3) is 0.263. The molecular weight excluding hydrogens is 304 g/mol. The molecule has 0 saturated carbocycles. The molecule has 3 heterocycles. The van der Waals surface area contributed by atoms with Gasteiger partial charge in [-0.3, -0.25) is 4.79 Å². The van der Waals surface area contributed by atoms with Crippen LogP contribution in [0.1, 0.15) is 11.1 Å². The van der Waals surface area contributed by atoms with Gasteiger partial charge < -0.3 is 14.5 Å². The van der Waals surface area contributed by atoms with Gasteiger partial charge >= 0.3 is 5.97 Å². The number of amides is 1. The van der Waals surface area contributed by atoms with Crippen LogP contribution in [-0.2, 0) is 19.7 Å². The summed E-state index contributed by atoms with van der Waals surface area (Å²) >= 11 is 0. The average Bonchev–Trinajstić information content (AvgIpc) is 3.05. The number of esters is 1. The SMILES string of the molecule is COC(=O)C1=CN2C=CC=CC2[C@]12C(=O)N(C)c1ccc(C)cc12. The van der Waals surface area contributed by atoms with Gasteiger partial charge in [0.25, 0.3) is 0 Å². The van der Waals surface area contributed by atoms with Crippen LogP contribution < -0.4 is 4.90 Å². The van der Waals surface area contributed by atoms with Crippen molar-refractivity contribution in [2.45, 2.75) is 18.4 Å². The Bertz CT molecular complexity index is 852. The lowest BCUT2D eigenvalue weighted by Crippen LogP contribution is -2.50. The maximum absolute atomic E-state index is 13.4. The first kappa shape index (κ1) is 14.8. The predicted octanol–water partition coefficient (Wildman–Crippen LogP) is 2.03. The number of carbonyl (C=O) groups excluding carboxylic acids is 2. The quantitative estimate of drug-likeness (QED) is 0.743. The summed E-state index contributed by atoms with van der Waals surface area (Å²) in [6.07, 6.45) is 9.39. The lowest BCUT2D eigenvalue weighted by atomic mass is 9.70. The molecule has 0 saturated heterocycles. The third-order valence-corrected chi connectivity index (χ3v) is 5.12. The van der Waals surface area contributed by atoms with Gasteiger partial charge in [-0.25, -0.2) is 4.79 Å². The van der Waals surface area contributed by atoms with E-state index in [9.17, 15) is 9.59 Å². The standard InChI is InChI=1S/C19H18N2O3/c1-12-7-8-15-13(10-12)19(18(23)20(15)2)14(17(22)24-3)11-21-9-5-4-6-16(19)21/h4-11,16H,1-3H3/t16?,19-/m1/s1. The van der Waals surface area contributed by atoms with Crippen molar-refractivity contribution in [3.8, 4) is 0 Å². The molecule has 0 bridgehead atoms. The van der Waals surface area contributed by atoms with Crippen LogP contribution in [0.5, 0.6) is 0 Å². The van der Waals surface area contributed by atoms with Crippen molar-refractivity contribution in [3.63, 3.8) is 0 Å². The van der Waals surface area contributed by atoms with E-state index in [1.807, 2.05) is 54.5 Å². The zero-order valence-corrected chi connectivity index (χ0v) is 13.8. The fourth-order valence-electron chi connectivity index (χ4n) is 4.03. The molecule has 0 N–H and O–H groups in total. The van der Waals surface area contributed by atoms with E-state index in [4.69, 9.17) is 4.74 Å². The average molecular weight is 322 g/mol. The fourth-order valence-corrected chi connectivity index (χ4v) is 4.03. The molecule has 0 fully saturated rings. The Morgan fingerprint density at radius 1 is 1.29 bits per heavy atom. The number of aryl methyl sites for hydroxylation is 1. The number of nitrogens with zero attached hydrogens (tertiary/aromatic N) is 2. The van der Waals surface area contributed by atoms with Crippen LogP contribution in [0.4, 0.5) is 5.69 Å². The number of benzene rings is 1. The number of hydrogen-bond acceptors (Lipinski definition) is 4. The molecule has 1 amide bonds. The van der Waals surface area contributed by atoms with Gasteiger partial charge in [0.15, 0.2) is 0 Å². The minimum Gasteiger partial charge on any atom is -0.466 e. The molecule has 122 valence electrons. The lowest BCUT2D eigenvalue weighted by Gasteiger charge is -2.34. The van der Waals surface area contributed by atoms with E-state index < -0.39 is 11.4 Å². The molecular formula is C19H18N2O3. The third kappa shape index (κ3) is 1.59. The Morgan fingerprint density at radius 2 is 2.08 bits per heavy atom. The van der Waals surface area contributed by atoms with Crippen LogP contribution in [0.25, 0.3) is 0 Å². The molecule has 24 heavy (non-hydrogen) atoms. The summed E-state index contributed by atoms with van der Waals surface area (Å²) in [5.74, 6) is -0.575. The Morgan fingerprint density at radius 3 is 2.83 bits per heavy atom. The van der Waals surface area contributed by atoms with Crippen molar-refractivity contribution in [2.75, 3.05) is 19.1 Å². The van der Waals surface area contributed by atoms with E-state index in [0.29, 0.717) is 5.57 Å². The highest BCUT2D eigenvalue weighted by molar-refractivity contribution is 6.16. The molecule has 5 heteroatoms. The van der Waals surface area contributed by atoms with E-state index in [2.05, 4.69) is 0 Å². The summed E-state index contributed by atoms with van der Waals surface area (Å²) in [6, 6.07) is 5.65. The highest BCUT2D eigenvalue weighted by atomic mass is 16.5. The number of anilines is 1. The van der Waals surface area contributed by atoms with Gasteiger partial charge in [-0.1, -0.05) is 29.8 Å². The zero-order chi connectivity index (χ0) is 17.1. The van der Waals surface area contributed by atoms with Crippen molar-refractivity contribution >= 4 is 17.6 Å². The van der Waals surface area contributed by atoms with Gasteiger partial charge in [0.2, 0.25) is 5.91 Å². The maximum Gasteiger partial charge on any atom is 0.336 e. The summed E-state index contributed by atoms with van der Waals surface area (Å²) in [7, 11) is 3.10. The molecule has 1 aromatic carbocycles. The normalized spacial score (nSPS) is 26.7. The Hall–Kier alpha value is -2.82. The maximum atomic E-state index is 13.4. The monoisotopic (exact) mass is 322 g/mol. The first-order chi connectivity index (χ1) is 11.5. The summed E-state index contributed by atoms with van der Waals surface area (Å²) in [4.78, 5) is 29.5. The highest BCUT2D eigenvalue weighted by Gasteiger charge is 2.62. The van der Waals surface area contributed by atoms with Gasteiger partial charge in [-0.15, -0.1) is 0 Å². The number of fused-ring (bicyclic) bond motifs is 4. The van der Waals surface area contributed by atoms with Gasteiger partial charge in [0.05, 0.1) is 18.7 Å². The number of ether oxygens (including phenoxy) is 1. The Kier molecular flexibility index (Phi) is 2.97. The number of hydrogen-bond donors (Lipinski definition) is 0. The summed E-state index contributed by atoms with van der Waals surface area (Å²) in [6.45, 7) is 1.99. The van der Waals surface area contributed by atoms with Gasteiger partial charge in [-0.2, -0.15) is 0 Å². The van der Waals surface area contributed by atoms with E-state index in [-0.39, 0.29) is 11.9 Å². The number of methoxy groups -OCH3 is 1. The minimum atomic E-state index is -1.07. The second-order valence-corrected chi connectivity index (χ2v) is 6.35. The van der Waals surface area contributed by atoms with Crippen molar-refractivity contribution in [3.05, 3.63) is 65.5 Å². The molecule has 4 rings (SSSR count). The first-order valence-electron chi connectivity index (χ1n) is 7.84. The van der Waals surface area contributed by atoms with E-state index in [1.165, 1.54) is 7.11 Å². The van der Waals surface area contributed by atoms with Gasteiger partial charge in [0, 0.05) is 25.1 Å². The molecule has 3 aliphatic rings. The highest BCUT2D eigenvalue weighted by Crippen LogP contribution is 2.53. The van der Waals surface area contributed by atoms with Crippen molar-refractivity contribution in [2.24, 2.45) is 0 Å². The number of rotatable bonds is 1. The van der Waals surface area contributed by atoms with Crippen LogP contribution in [0.2, 0.25) is 0 Å². The Labute approximate surface area is 140 Å². The summed E-state index contributed by atoms with van der Waals surface area (Å²) in [5.41, 5.74) is 2.07. The largest absolute Gasteiger partial charge is 0.466 e. The molecule has 0 aromatic heterocycles. The minimum absolute atomic E-state index is 0.104. The lowest BCUT2D eigenvalue weighted by molar-refractivity contribution is -0.138. The number of allylic oxidation sites excluding steroid dienone is 2. The van der Waals surface area contributed by atoms with Crippen LogP contribution in [-0.4, -0.2) is 37.0 Å². The second-order valence-electron chi connectivity index (χ2n) is 6.35. The van der Waals surface area contributed by atoms with Crippen molar-refractivity contribution in [1.82, 2.24) is 4.90 Å². The topological polar surface area (TPSA) is 49.9 Å². The predicted molar refractivity (Wildman–Crippen MR) is 90.3 cm³/mol. The van der Waals surface area contributed by atoms with E-state index >= 15 is 0 Å². The van der Waals surface area contributed by atoms with E-state index in [0.717, 1.165) is 16.8 Å². The molecule has 1 unspecified atom stereocenters. The molecule has 5 nitrogen and oxygen atoms in total. The summed E-state index contributed by atoms with van der Waals surface area (Å²) in [5, 5.41) is 0. The molecule has 0 radical (unpaired) electrons. The van der Waals surface area contributed by atoms with Gasteiger partial charge in [-0.05, 0) is 24.6 Å². The molecule has 1 spiro atoms. The van der Waals surface area contributed by atoms with Crippen molar-refractivity contribution in [1.29, 1.82) is 0 Å². The second kappa shape index (κ2) is 4.84. The smallest absolute Gasteiger partial charge is 0.336 e. The first-order valence-corrected chi connectivity index (χ1v) is 7.84. The molecule has 2 atom stereocenters. The van der Waals surface area contributed by atoms with Crippen LogP contribution in [0.15, 0.2) is 54.4 Å². The van der Waals surface area contributed by atoms with Crippen LogP contribution in [0.3, 0.4) is 0 Å². The van der Waals surface area contributed by atoms with E-state index in [1.54, 1.807) is 18.1 Å².